The summed E-state index contributed by atoms with van der Waals surface area (Å²) in [5.41, 5.74) is 0.931. The molecule has 1 aromatic heterocycles. The van der Waals surface area contributed by atoms with E-state index in [1.807, 2.05) is 24.3 Å². The molecule has 0 fully saturated rings. The van der Waals surface area contributed by atoms with Crippen molar-refractivity contribution in [2.75, 3.05) is 6.54 Å². The number of H-pyrrole nitrogens is 1. The highest BCUT2D eigenvalue weighted by Crippen LogP contribution is 2.21. The third kappa shape index (κ3) is 2.75. The number of aromatic nitrogens is 1. The summed E-state index contributed by atoms with van der Waals surface area (Å²) in [6.07, 6.45) is 1.68. The number of aromatic amines is 1. The lowest BCUT2D eigenvalue weighted by molar-refractivity contribution is -0.136. The number of hydrogen-bond acceptors (Lipinski definition) is 2. The smallest absolute Gasteiger partial charge is 0.304 e. The number of hydrogen-bond donors (Lipinski definition) is 3. The van der Waals surface area contributed by atoms with E-state index in [9.17, 15) is 9.36 Å². The summed E-state index contributed by atoms with van der Waals surface area (Å²) in [6.45, 7) is 0.215. The second-order valence-electron chi connectivity index (χ2n) is 3.65. The zero-order valence-corrected chi connectivity index (χ0v) is 10.1. The van der Waals surface area contributed by atoms with Gasteiger partial charge in [-0.2, -0.15) is 0 Å². The fourth-order valence-electron chi connectivity index (χ4n) is 1.64. The molecule has 5 nitrogen and oxygen atoms in total. The number of rotatable bonds is 5. The fourth-order valence-corrected chi connectivity index (χ4v) is 2.85. The zero-order chi connectivity index (χ0) is 12.3. The first-order valence-corrected chi connectivity index (χ1v) is 6.65. The third-order valence-corrected chi connectivity index (χ3v) is 3.93. The van der Waals surface area contributed by atoms with Crippen LogP contribution in [0, 0.1) is 0 Å². The SMILES string of the molecule is O=C(O)CCN[PH](=O)c1c[nH]c2ccccc12. The fraction of sp³-hybridized carbons (Fsp3) is 0.182. The molecule has 0 aliphatic heterocycles. The molecule has 0 saturated heterocycles. The van der Waals surface area contributed by atoms with Crippen molar-refractivity contribution in [2.24, 2.45) is 0 Å². The molecule has 0 amide bonds. The standard InChI is InChI=1S/C11H13N2O3P/c14-11(15)5-6-13-17(16)10-7-12-9-4-2-1-3-8(9)10/h1-4,7,12,17H,5-6H2,(H,13,16)(H,14,15). The van der Waals surface area contributed by atoms with E-state index in [2.05, 4.69) is 10.1 Å². The van der Waals surface area contributed by atoms with Crippen molar-refractivity contribution in [1.82, 2.24) is 10.1 Å². The lowest BCUT2D eigenvalue weighted by Crippen LogP contribution is -2.14. The first-order chi connectivity index (χ1) is 8.18. The first-order valence-electron chi connectivity index (χ1n) is 5.24. The molecule has 1 heterocycles. The maximum atomic E-state index is 12.0. The highest BCUT2D eigenvalue weighted by atomic mass is 31.1. The molecule has 0 saturated carbocycles. The van der Waals surface area contributed by atoms with E-state index in [1.165, 1.54) is 0 Å². The van der Waals surface area contributed by atoms with Crippen LogP contribution in [0.4, 0.5) is 0 Å². The van der Waals surface area contributed by atoms with Gasteiger partial charge in [0, 0.05) is 28.9 Å². The molecule has 0 spiro atoms. The number of benzene rings is 1. The van der Waals surface area contributed by atoms with Gasteiger partial charge in [-0.15, -0.1) is 0 Å². The Morgan fingerprint density at radius 3 is 2.94 bits per heavy atom. The van der Waals surface area contributed by atoms with Gasteiger partial charge < -0.3 is 14.7 Å². The van der Waals surface area contributed by atoms with Crippen LogP contribution < -0.4 is 10.4 Å². The van der Waals surface area contributed by atoms with Gasteiger partial charge in [0.15, 0.2) is 7.95 Å². The Balaban J connectivity index is 2.11. The van der Waals surface area contributed by atoms with E-state index in [1.54, 1.807) is 6.20 Å². The van der Waals surface area contributed by atoms with Crippen LogP contribution in [-0.2, 0) is 9.36 Å². The molecule has 90 valence electrons. The molecule has 3 N–H and O–H groups in total. The molecule has 1 atom stereocenters. The minimum absolute atomic E-state index is 0.0290. The molecule has 0 aliphatic rings. The lowest BCUT2D eigenvalue weighted by Gasteiger charge is -2.02. The molecule has 0 bridgehead atoms. The van der Waals surface area contributed by atoms with Crippen LogP contribution in [0.1, 0.15) is 6.42 Å². The van der Waals surface area contributed by atoms with Gasteiger partial charge in [0.1, 0.15) is 0 Å². The Morgan fingerprint density at radius 2 is 2.18 bits per heavy atom. The van der Waals surface area contributed by atoms with E-state index in [0.717, 1.165) is 16.2 Å². The number of fused-ring (bicyclic) bond motifs is 1. The average molecular weight is 252 g/mol. The number of carbonyl (C=O) groups is 1. The van der Waals surface area contributed by atoms with Gasteiger partial charge in [0.2, 0.25) is 0 Å². The number of nitrogens with one attached hydrogen (secondary N) is 2. The molecule has 6 heteroatoms. The minimum atomic E-state index is -2.14. The summed E-state index contributed by atoms with van der Waals surface area (Å²) in [6, 6.07) is 7.58. The van der Waals surface area contributed by atoms with Crippen molar-refractivity contribution < 1.29 is 14.5 Å². The quantitative estimate of drug-likeness (QED) is 0.701. The number of carboxylic acids is 1. The van der Waals surface area contributed by atoms with Gasteiger partial charge in [-0.1, -0.05) is 18.2 Å². The van der Waals surface area contributed by atoms with Gasteiger partial charge in [0.25, 0.3) is 0 Å². The Kier molecular flexibility index (Phi) is 3.61. The summed E-state index contributed by atoms with van der Waals surface area (Å²) in [4.78, 5) is 13.4. The second kappa shape index (κ2) is 5.17. The summed E-state index contributed by atoms with van der Waals surface area (Å²) in [5.74, 6) is -0.897. The molecule has 1 unspecified atom stereocenters. The maximum Gasteiger partial charge on any atom is 0.304 e. The van der Waals surface area contributed by atoms with Crippen LogP contribution in [-0.4, -0.2) is 22.6 Å². The largest absolute Gasteiger partial charge is 0.481 e. The monoisotopic (exact) mass is 252 g/mol. The number of carboxylic acid groups (broad SMARTS) is 1. The molecule has 0 radical (unpaired) electrons. The molecule has 17 heavy (non-hydrogen) atoms. The van der Waals surface area contributed by atoms with Gasteiger partial charge >= 0.3 is 5.97 Å². The van der Waals surface area contributed by atoms with Gasteiger partial charge in [0.05, 0.1) is 6.42 Å². The Morgan fingerprint density at radius 1 is 1.41 bits per heavy atom. The van der Waals surface area contributed by atoms with Crippen molar-refractivity contribution >= 4 is 30.1 Å². The highest BCUT2D eigenvalue weighted by molar-refractivity contribution is 7.52. The zero-order valence-electron chi connectivity index (χ0n) is 9.06. The molecule has 2 aromatic rings. The predicted octanol–water partition coefficient (Wildman–Crippen LogP) is 1.33. The average Bonchev–Trinajstić information content (AvgIpc) is 2.72. The van der Waals surface area contributed by atoms with Crippen LogP contribution in [0.15, 0.2) is 30.5 Å². The van der Waals surface area contributed by atoms with E-state index >= 15 is 0 Å². The lowest BCUT2D eigenvalue weighted by atomic mass is 10.2. The van der Waals surface area contributed by atoms with Crippen LogP contribution >= 0.6 is 7.95 Å². The van der Waals surface area contributed by atoms with Gasteiger partial charge in [-0.3, -0.25) is 9.88 Å². The van der Waals surface area contributed by atoms with Crippen LogP contribution in [0.25, 0.3) is 10.9 Å². The van der Waals surface area contributed by atoms with Crippen molar-refractivity contribution in [1.29, 1.82) is 0 Å². The van der Waals surface area contributed by atoms with Crippen LogP contribution in [0.3, 0.4) is 0 Å². The molecule has 1 aromatic carbocycles. The van der Waals surface area contributed by atoms with Crippen LogP contribution in [0.5, 0.6) is 0 Å². The topological polar surface area (TPSA) is 82.2 Å². The van der Waals surface area contributed by atoms with E-state index in [-0.39, 0.29) is 13.0 Å². The van der Waals surface area contributed by atoms with Crippen molar-refractivity contribution in [2.45, 2.75) is 6.42 Å². The van der Waals surface area contributed by atoms with E-state index < -0.39 is 13.9 Å². The molecule has 0 aliphatic carbocycles. The second-order valence-corrected chi connectivity index (χ2v) is 5.20. The Hall–Kier alpha value is -1.58. The maximum absolute atomic E-state index is 12.0. The van der Waals surface area contributed by atoms with E-state index in [4.69, 9.17) is 5.11 Å². The summed E-state index contributed by atoms with van der Waals surface area (Å²) >= 11 is 0. The molecular formula is C11H13N2O3P. The van der Waals surface area contributed by atoms with E-state index in [0.29, 0.717) is 0 Å². The minimum Gasteiger partial charge on any atom is -0.481 e. The summed E-state index contributed by atoms with van der Waals surface area (Å²) in [7, 11) is -2.14. The van der Waals surface area contributed by atoms with Crippen molar-refractivity contribution in [3.63, 3.8) is 0 Å². The Labute approximate surface area is 98.7 Å². The summed E-state index contributed by atoms with van der Waals surface area (Å²) < 4.78 is 12.0. The van der Waals surface area contributed by atoms with Crippen LogP contribution in [0.2, 0.25) is 0 Å². The first kappa shape index (κ1) is 11.9. The number of aliphatic carboxylic acids is 1. The normalized spacial score (nSPS) is 12.7. The highest BCUT2D eigenvalue weighted by Gasteiger charge is 2.09. The molecule has 2 rings (SSSR count). The van der Waals surface area contributed by atoms with Gasteiger partial charge in [-0.25, -0.2) is 0 Å². The van der Waals surface area contributed by atoms with Crippen molar-refractivity contribution in [3.8, 4) is 0 Å². The third-order valence-electron chi connectivity index (χ3n) is 2.46. The van der Waals surface area contributed by atoms with Crippen molar-refractivity contribution in [3.05, 3.63) is 30.5 Å². The van der Waals surface area contributed by atoms with Gasteiger partial charge in [-0.05, 0) is 6.07 Å². The number of para-hydroxylation sites is 1. The molecular weight excluding hydrogens is 239 g/mol. The Bertz CT molecular complexity index is 565. The predicted molar refractivity (Wildman–Crippen MR) is 67.2 cm³/mol. The summed E-state index contributed by atoms with van der Waals surface area (Å²) in [5, 5.41) is 12.9.